The maximum Gasteiger partial charge on any atom is 0.332 e. The summed E-state index contributed by atoms with van der Waals surface area (Å²) in [6.45, 7) is 0. The Labute approximate surface area is 98.4 Å². The molecule has 0 radical (unpaired) electrons. The summed E-state index contributed by atoms with van der Waals surface area (Å²) >= 11 is 5.82. The summed E-state index contributed by atoms with van der Waals surface area (Å²) in [5.41, 5.74) is 0.787. The molecule has 1 aromatic rings. The minimum absolute atomic E-state index is 0.131. The van der Waals surface area contributed by atoms with Crippen LogP contribution in [0.25, 0.3) is 0 Å². The van der Waals surface area contributed by atoms with Crippen molar-refractivity contribution in [3.8, 4) is 5.75 Å². The lowest BCUT2D eigenvalue weighted by atomic mass is 10.1. The van der Waals surface area contributed by atoms with Gasteiger partial charge >= 0.3 is 5.97 Å². The van der Waals surface area contributed by atoms with Gasteiger partial charge in [0.2, 0.25) is 0 Å². The van der Waals surface area contributed by atoms with E-state index in [-0.39, 0.29) is 6.42 Å². The zero-order valence-corrected chi connectivity index (χ0v) is 9.57. The van der Waals surface area contributed by atoms with Crippen molar-refractivity contribution in [2.75, 3.05) is 7.11 Å². The van der Waals surface area contributed by atoms with Gasteiger partial charge in [0.05, 0.1) is 7.11 Å². The number of carboxylic acids is 1. The molecule has 0 aromatic heterocycles. The number of aryl methyl sites for hydroxylation is 1. The summed E-state index contributed by atoms with van der Waals surface area (Å²) in [4.78, 5) is 10.4. The average Bonchev–Trinajstić information content (AvgIpc) is 2.25. The summed E-state index contributed by atoms with van der Waals surface area (Å²) in [7, 11) is 1.53. The van der Waals surface area contributed by atoms with Gasteiger partial charge in [-0.15, -0.1) is 0 Å². The van der Waals surface area contributed by atoms with E-state index in [4.69, 9.17) is 26.6 Å². The predicted octanol–water partition coefficient (Wildman–Crippen LogP) is 1.73. The Kier molecular flexibility index (Phi) is 4.58. The first-order valence-corrected chi connectivity index (χ1v) is 5.15. The Bertz CT molecular complexity index is 378. The van der Waals surface area contributed by atoms with Crippen molar-refractivity contribution >= 4 is 17.6 Å². The number of benzene rings is 1. The van der Waals surface area contributed by atoms with Crippen molar-refractivity contribution in [1.29, 1.82) is 0 Å². The van der Waals surface area contributed by atoms with Gasteiger partial charge in [-0.05, 0) is 36.6 Å². The van der Waals surface area contributed by atoms with E-state index in [1.807, 2.05) is 0 Å². The second kappa shape index (κ2) is 5.72. The Morgan fingerprint density at radius 2 is 2.25 bits per heavy atom. The Balaban J connectivity index is 2.72. The third kappa shape index (κ3) is 3.40. The highest BCUT2D eigenvalue weighted by Crippen LogP contribution is 2.24. The molecule has 0 heterocycles. The third-order valence-corrected chi connectivity index (χ3v) is 2.45. The SMILES string of the molecule is COc1ccc(Cl)cc1CCC(O)C(=O)O. The van der Waals surface area contributed by atoms with E-state index in [9.17, 15) is 4.79 Å². The van der Waals surface area contributed by atoms with Gasteiger partial charge in [0.1, 0.15) is 5.75 Å². The molecular weight excluding hydrogens is 232 g/mol. The van der Waals surface area contributed by atoms with E-state index in [2.05, 4.69) is 0 Å². The molecule has 0 fully saturated rings. The minimum Gasteiger partial charge on any atom is -0.496 e. The smallest absolute Gasteiger partial charge is 0.332 e. The second-order valence-electron chi connectivity index (χ2n) is 3.35. The number of hydrogen-bond donors (Lipinski definition) is 2. The van der Waals surface area contributed by atoms with Crippen LogP contribution in [-0.2, 0) is 11.2 Å². The normalized spacial score (nSPS) is 12.2. The standard InChI is InChI=1S/C11H13ClO4/c1-16-10-5-3-8(12)6-7(10)2-4-9(13)11(14)15/h3,5-6,9,13H,2,4H2,1H3,(H,14,15). The number of carboxylic acid groups (broad SMARTS) is 1. The highest BCUT2D eigenvalue weighted by molar-refractivity contribution is 6.30. The number of ether oxygens (including phenoxy) is 1. The summed E-state index contributed by atoms with van der Waals surface area (Å²) in [5, 5.41) is 18.2. The average molecular weight is 245 g/mol. The fourth-order valence-corrected chi connectivity index (χ4v) is 1.55. The number of methoxy groups -OCH3 is 1. The summed E-state index contributed by atoms with van der Waals surface area (Å²) in [6, 6.07) is 5.11. The fraction of sp³-hybridized carbons (Fsp3) is 0.364. The molecular formula is C11H13ClO4. The topological polar surface area (TPSA) is 66.8 Å². The molecule has 0 saturated heterocycles. The molecule has 0 aliphatic heterocycles. The molecule has 0 saturated carbocycles. The van der Waals surface area contributed by atoms with Crippen molar-refractivity contribution in [3.05, 3.63) is 28.8 Å². The summed E-state index contributed by atoms with van der Waals surface area (Å²) < 4.78 is 5.11. The van der Waals surface area contributed by atoms with Crippen molar-refractivity contribution in [2.24, 2.45) is 0 Å². The van der Waals surface area contributed by atoms with E-state index >= 15 is 0 Å². The lowest BCUT2D eigenvalue weighted by Crippen LogP contribution is -2.20. The number of aliphatic carboxylic acids is 1. The van der Waals surface area contributed by atoms with E-state index in [0.29, 0.717) is 17.2 Å². The van der Waals surface area contributed by atoms with Crippen LogP contribution >= 0.6 is 11.6 Å². The molecule has 0 amide bonds. The van der Waals surface area contributed by atoms with Crippen LogP contribution in [-0.4, -0.2) is 29.4 Å². The zero-order valence-electron chi connectivity index (χ0n) is 8.81. The number of carbonyl (C=O) groups is 1. The number of aliphatic hydroxyl groups excluding tert-OH is 1. The van der Waals surface area contributed by atoms with Gasteiger partial charge in [0.15, 0.2) is 6.10 Å². The van der Waals surface area contributed by atoms with E-state index < -0.39 is 12.1 Å². The molecule has 0 bridgehead atoms. The highest BCUT2D eigenvalue weighted by atomic mass is 35.5. The molecule has 0 spiro atoms. The number of rotatable bonds is 5. The molecule has 1 unspecified atom stereocenters. The first-order valence-electron chi connectivity index (χ1n) is 4.78. The summed E-state index contributed by atoms with van der Waals surface area (Å²) in [6.07, 6.45) is -0.827. The van der Waals surface area contributed by atoms with Gasteiger partial charge in [0, 0.05) is 5.02 Å². The first-order chi connectivity index (χ1) is 7.54. The lowest BCUT2D eigenvalue weighted by Gasteiger charge is -2.10. The van der Waals surface area contributed by atoms with Crippen LogP contribution in [0.2, 0.25) is 5.02 Å². The van der Waals surface area contributed by atoms with E-state index in [1.54, 1.807) is 18.2 Å². The molecule has 4 nitrogen and oxygen atoms in total. The number of aliphatic hydroxyl groups is 1. The van der Waals surface area contributed by atoms with Gasteiger partial charge in [-0.1, -0.05) is 11.6 Å². The largest absolute Gasteiger partial charge is 0.496 e. The van der Waals surface area contributed by atoms with Gasteiger partial charge in [-0.25, -0.2) is 4.79 Å². The van der Waals surface area contributed by atoms with E-state index in [1.165, 1.54) is 7.11 Å². The van der Waals surface area contributed by atoms with E-state index in [0.717, 1.165) is 5.56 Å². The molecule has 2 N–H and O–H groups in total. The maximum absolute atomic E-state index is 10.4. The van der Waals surface area contributed by atoms with Gasteiger partial charge in [-0.2, -0.15) is 0 Å². The van der Waals surface area contributed by atoms with Crippen molar-refractivity contribution in [1.82, 2.24) is 0 Å². The molecule has 1 atom stereocenters. The maximum atomic E-state index is 10.4. The third-order valence-electron chi connectivity index (χ3n) is 2.21. The molecule has 5 heteroatoms. The van der Waals surface area contributed by atoms with Gasteiger partial charge in [0.25, 0.3) is 0 Å². The minimum atomic E-state index is -1.36. The van der Waals surface area contributed by atoms with Crippen LogP contribution in [0.3, 0.4) is 0 Å². The van der Waals surface area contributed by atoms with Gasteiger partial charge in [-0.3, -0.25) is 0 Å². The first kappa shape index (κ1) is 12.8. The highest BCUT2D eigenvalue weighted by Gasteiger charge is 2.14. The lowest BCUT2D eigenvalue weighted by molar-refractivity contribution is -0.146. The Hall–Kier alpha value is -1.26. The van der Waals surface area contributed by atoms with Crippen molar-refractivity contribution in [3.63, 3.8) is 0 Å². The molecule has 1 rings (SSSR count). The van der Waals surface area contributed by atoms with Gasteiger partial charge < -0.3 is 14.9 Å². The van der Waals surface area contributed by atoms with Crippen LogP contribution in [0.5, 0.6) is 5.75 Å². The summed E-state index contributed by atoms with van der Waals surface area (Å²) in [5.74, 6) is -0.581. The molecule has 88 valence electrons. The predicted molar refractivity (Wildman–Crippen MR) is 60.0 cm³/mol. The van der Waals surface area contributed by atoms with Crippen molar-refractivity contribution < 1.29 is 19.7 Å². The number of hydrogen-bond acceptors (Lipinski definition) is 3. The zero-order chi connectivity index (χ0) is 12.1. The molecule has 0 aliphatic carbocycles. The Morgan fingerprint density at radius 3 is 2.81 bits per heavy atom. The molecule has 0 aliphatic rings. The number of halogens is 1. The molecule has 1 aromatic carbocycles. The van der Waals surface area contributed by atoms with Crippen LogP contribution in [0.1, 0.15) is 12.0 Å². The fourth-order valence-electron chi connectivity index (χ4n) is 1.36. The quantitative estimate of drug-likeness (QED) is 0.828. The van der Waals surface area contributed by atoms with Crippen molar-refractivity contribution in [2.45, 2.75) is 18.9 Å². The second-order valence-corrected chi connectivity index (χ2v) is 3.79. The van der Waals surface area contributed by atoms with Crippen LogP contribution in [0.4, 0.5) is 0 Å². The van der Waals surface area contributed by atoms with Crippen LogP contribution < -0.4 is 4.74 Å². The van der Waals surface area contributed by atoms with Crippen LogP contribution in [0.15, 0.2) is 18.2 Å². The Morgan fingerprint density at radius 1 is 1.56 bits per heavy atom. The molecule has 16 heavy (non-hydrogen) atoms. The van der Waals surface area contributed by atoms with Crippen LogP contribution in [0, 0.1) is 0 Å². The monoisotopic (exact) mass is 244 g/mol.